The SMILES string of the molecule is CC(=O)NCC(CO)NC(C)=O. The molecule has 0 aliphatic carbocycles. The van der Waals surface area contributed by atoms with Crippen LogP contribution in [0.2, 0.25) is 0 Å². The number of amides is 2. The molecule has 0 rings (SSSR count). The third kappa shape index (κ3) is 5.67. The fourth-order valence-electron chi connectivity index (χ4n) is 0.716. The number of hydrogen-bond donors (Lipinski definition) is 3. The van der Waals surface area contributed by atoms with E-state index in [0.29, 0.717) is 0 Å². The highest BCUT2D eigenvalue weighted by Crippen LogP contribution is 1.79. The van der Waals surface area contributed by atoms with Gasteiger partial charge < -0.3 is 15.7 Å². The van der Waals surface area contributed by atoms with E-state index in [1.165, 1.54) is 13.8 Å². The lowest BCUT2D eigenvalue weighted by molar-refractivity contribution is -0.121. The molecule has 2 amide bonds. The van der Waals surface area contributed by atoms with E-state index in [9.17, 15) is 9.59 Å². The van der Waals surface area contributed by atoms with Crippen molar-refractivity contribution in [2.75, 3.05) is 13.2 Å². The van der Waals surface area contributed by atoms with Gasteiger partial charge in [-0.15, -0.1) is 0 Å². The maximum absolute atomic E-state index is 10.5. The van der Waals surface area contributed by atoms with Crippen molar-refractivity contribution in [3.63, 3.8) is 0 Å². The predicted molar refractivity (Wildman–Crippen MR) is 43.4 cm³/mol. The zero-order valence-electron chi connectivity index (χ0n) is 7.26. The second kappa shape index (κ2) is 5.54. The normalized spacial score (nSPS) is 11.9. The number of aliphatic hydroxyl groups excluding tert-OH is 1. The number of hydrogen-bond acceptors (Lipinski definition) is 3. The van der Waals surface area contributed by atoms with Gasteiger partial charge in [0.15, 0.2) is 0 Å². The zero-order chi connectivity index (χ0) is 9.56. The molecule has 0 saturated heterocycles. The molecular weight excluding hydrogens is 160 g/mol. The molecule has 0 spiro atoms. The van der Waals surface area contributed by atoms with E-state index in [1.54, 1.807) is 0 Å². The fraction of sp³-hybridized carbons (Fsp3) is 0.714. The predicted octanol–water partition coefficient (Wildman–Crippen LogP) is -1.38. The van der Waals surface area contributed by atoms with E-state index in [-0.39, 0.29) is 25.0 Å². The Kier molecular flexibility index (Phi) is 5.03. The summed E-state index contributed by atoms with van der Waals surface area (Å²) >= 11 is 0. The molecule has 5 nitrogen and oxygen atoms in total. The lowest BCUT2D eigenvalue weighted by atomic mass is 10.3. The molecule has 0 saturated carbocycles. The molecule has 0 aliphatic rings. The summed E-state index contributed by atoms with van der Waals surface area (Å²) in [5, 5.41) is 13.7. The van der Waals surface area contributed by atoms with Gasteiger partial charge in [-0.1, -0.05) is 0 Å². The Morgan fingerprint density at radius 3 is 2.25 bits per heavy atom. The summed E-state index contributed by atoms with van der Waals surface area (Å²) in [4.78, 5) is 21.0. The Balaban J connectivity index is 3.67. The molecule has 12 heavy (non-hydrogen) atoms. The van der Waals surface area contributed by atoms with Crippen LogP contribution in [0.5, 0.6) is 0 Å². The van der Waals surface area contributed by atoms with Gasteiger partial charge in [0.25, 0.3) is 0 Å². The summed E-state index contributed by atoms with van der Waals surface area (Å²) in [5.74, 6) is -0.404. The van der Waals surface area contributed by atoms with Crippen molar-refractivity contribution in [2.24, 2.45) is 0 Å². The number of carbonyl (C=O) groups excluding carboxylic acids is 2. The maximum atomic E-state index is 10.5. The van der Waals surface area contributed by atoms with E-state index in [0.717, 1.165) is 0 Å². The lowest BCUT2D eigenvalue weighted by Gasteiger charge is -2.14. The Bertz CT molecular complexity index is 170. The van der Waals surface area contributed by atoms with Crippen LogP contribution in [0, 0.1) is 0 Å². The van der Waals surface area contributed by atoms with Crippen molar-refractivity contribution in [2.45, 2.75) is 19.9 Å². The standard InChI is InChI=1S/C7H14N2O3/c1-5(11)8-3-7(4-10)9-6(2)12/h7,10H,3-4H2,1-2H3,(H,8,11)(H,9,12). The Morgan fingerprint density at radius 1 is 1.33 bits per heavy atom. The van der Waals surface area contributed by atoms with Gasteiger partial charge in [0, 0.05) is 20.4 Å². The Morgan fingerprint density at radius 2 is 1.92 bits per heavy atom. The number of carbonyl (C=O) groups is 2. The van der Waals surface area contributed by atoms with Crippen LogP contribution in [0.25, 0.3) is 0 Å². The van der Waals surface area contributed by atoms with Gasteiger partial charge >= 0.3 is 0 Å². The van der Waals surface area contributed by atoms with Gasteiger partial charge in [-0.05, 0) is 0 Å². The molecule has 1 atom stereocenters. The molecule has 0 aromatic heterocycles. The molecule has 0 radical (unpaired) electrons. The molecule has 3 N–H and O–H groups in total. The molecule has 0 heterocycles. The van der Waals surface area contributed by atoms with Crippen molar-refractivity contribution in [3.05, 3.63) is 0 Å². The van der Waals surface area contributed by atoms with Crippen LogP contribution in [0.1, 0.15) is 13.8 Å². The maximum Gasteiger partial charge on any atom is 0.217 e. The van der Waals surface area contributed by atoms with Crippen molar-refractivity contribution < 1.29 is 14.7 Å². The Hall–Kier alpha value is -1.10. The summed E-state index contributed by atoms with van der Waals surface area (Å²) in [7, 11) is 0. The molecule has 0 bridgehead atoms. The van der Waals surface area contributed by atoms with E-state index >= 15 is 0 Å². The van der Waals surface area contributed by atoms with Gasteiger partial charge in [-0.3, -0.25) is 9.59 Å². The average molecular weight is 174 g/mol. The third-order valence-corrected chi connectivity index (χ3v) is 1.23. The van der Waals surface area contributed by atoms with E-state index in [1.807, 2.05) is 0 Å². The molecule has 0 aliphatic heterocycles. The van der Waals surface area contributed by atoms with E-state index in [4.69, 9.17) is 5.11 Å². The van der Waals surface area contributed by atoms with Gasteiger partial charge in [0.1, 0.15) is 0 Å². The third-order valence-electron chi connectivity index (χ3n) is 1.23. The molecule has 0 aromatic carbocycles. The van der Waals surface area contributed by atoms with Gasteiger partial charge in [-0.25, -0.2) is 0 Å². The fourth-order valence-corrected chi connectivity index (χ4v) is 0.716. The minimum Gasteiger partial charge on any atom is -0.394 e. The van der Waals surface area contributed by atoms with Crippen LogP contribution < -0.4 is 10.6 Å². The minimum absolute atomic E-state index is 0.181. The zero-order valence-corrected chi connectivity index (χ0v) is 7.26. The first kappa shape index (κ1) is 10.9. The number of rotatable bonds is 4. The smallest absolute Gasteiger partial charge is 0.217 e. The molecule has 5 heteroatoms. The van der Waals surface area contributed by atoms with Gasteiger partial charge in [0.2, 0.25) is 11.8 Å². The van der Waals surface area contributed by atoms with Crippen molar-refractivity contribution >= 4 is 11.8 Å². The summed E-state index contributed by atoms with van der Waals surface area (Å²) in [6.45, 7) is 2.81. The quantitative estimate of drug-likeness (QED) is 0.491. The Labute approximate surface area is 71.1 Å². The summed E-state index contributed by atoms with van der Waals surface area (Å²) in [6.07, 6.45) is 0. The van der Waals surface area contributed by atoms with Crippen molar-refractivity contribution in [1.29, 1.82) is 0 Å². The lowest BCUT2D eigenvalue weighted by Crippen LogP contribution is -2.44. The topological polar surface area (TPSA) is 78.4 Å². The first-order valence-corrected chi connectivity index (χ1v) is 3.68. The van der Waals surface area contributed by atoms with Crippen LogP contribution in [0.3, 0.4) is 0 Å². The molecule has 0 aromatic rings. The highest BCUT2D eigenvalue weighted by atomic mass is 16.3. The van der Waals surface area contributed by atoms with Crippen LogP contribution in [0.4, 0.5) is 0 Å². The van der Waals surface area contributed by atoms with Crippen molar-refractivity contribution in [3.8, 4) is 0 Å². The van der Waals surface area contributed by atoms with Gasteiger partial charge in [0.05, 0.1) is 12.6 Å². The molecule has 70 valence electrons. The van der Waals surface area contributed by atoms with E-state index < -0.39 is 6.04 Å². The summed E-state index contributed by atoms with van der Waals surface area (Å²) in [5.41, 5.74) is 0. The monoisotopic (exact) mass is 174 g/mol. The second-order valence-corrected chi connectivity index (χ2v) is 2.52. The largest absolute Gasteiger partial charge is 0.394 e. The second-order valence-electron chi connectivity index (χ2n) is 2.52. The molecular formula is C7H14N2O3. The van der Waals surface area contributed by atoms with Crippen LogP contribution in [0.15, 0.2) is 0 Å². The van der Waals surface area contributed by atoms with Crippen LogP contribution in [-0.2, 0) is 9.59 Å². The average Bonchev–Trinajstić information content (AvgIpc) is 1.97. The van der Waals surface area contributed by atoms with E-state index in [2.05, 4.69) is 10.6 Å². The summed E-state index contributed by atoms with van der Waals surface area (Å²) in [6, 6.07) is -0.397. The highest BCUT2D eigenvalue weighted by Gasteiger charge is 2.07. The first-order valence-electron chi connectivity index (χ1n) is 3.68. The minimum atomic E-state index is -0.397. The highest BCUT2D eigenvalue weighted by molar-refractivity contribution is 5.74. The molecule has 0 fully saturated rings. The number of aliphatic hydroxyl groups is 1. The number of nitrogens with one attached hydrogen (secondary N) is 2. The van der Waals surface area contributed by atoms with Gasteiger partial charge in [-0.2, -0.15) is 0 Å². The summed E-state index contributed by atoms with van der Waals surface area (Å²) < 4.78 is 0. The van der Waals surface area contributed by atoms with Crippen LogP contribution >= 0.6 is 0 Å². The first-order chi connectivity index (χ1) is 5.56. The van der Waals surface area contributed by atoms with Crippen molar-refractivity contribution in [1.82, 2.24) is 10.6 Å². The van der Waals surface area contributed by atoms with Crippen LogP contribution in [-0.4, -0.2) is 36.1 Å². The molecule has 1 unspecified atom stereocenters.